The summed E-state index contributed by atoms with van der Waals surface area (Å²) in [5, 5.41) is 6.71. The molecule has 0 saturated heterocycles. The third kappa shape index (κ3) is 2.96. The molecule has 4 heteroatoms. The van der Waals surface area contributed by atoms with Crippen molar-refractivity contribution in [2.24, 2.45) is 0 Å². The van der Waals surface area contributed by atoms with Gasteiger partial charge in [0.15, 0.2) is 5.13 Å². The number of nitrogens with zero attached hydrogens (tertiary/aromatic N) is 2. The van der Waals surface area contributed by atoms with Gasteiger partial charge in [0.2, 0.25) is 0 Å². The topological polar surface area (TPSA) is 28.2 Å². The maximum atomic E-state index is 4.71. The van der Waals surface area contributed by atoms with Gasteiger partial charge in [-0.25, -0.2) is 4.98 Å². The number of benzene rings is 1. The van der Waals surface area contributed by atoms with Crippen LogP contribution in [-0.4, -0.2) is 18.1 Å². The summed E-state index contributed by atoms with van der Waals surface area (Å²) in [7, 11) is 2.08. The Hall–Kier alpha value is -1.39. The molecular weight excluding hydrogens is 254 g/mol. The highest BCUT2D eigenvalue weighted by Gasteiger charge is 2.20. The van der Waals surface area contributed by atoms with Crippen LogP contribution in [0.25, 0.3) is 0 Å². The highest BCUT2D eigenvalue weighted by molar-refractivity contribution is 7.13. The zero-order valence-electron chi connectivity index (χ0n) is 11.4. The molecule has 0 bridgehead atoms. The van der Waals surface area contributed by atoms with Gasteiger partial charge in [-0.15, -0.1) is 11.3 Å². The summed E-state index contributed by atoms with van der Waals surface area (Å²) in [6, 6.07) is 9.15. The number of hydrogen-bond acceptors (Lipinski definition) is 4. The fourth-order valence-corrected chi connectivity index (χ4v) is 2.91. The molecule has 0 amide bonds. The molecule has 0 aliphatic heterocycles. The second-order valence-corrected chi connectivity index (χ2v) is 5.96. The van der Waals surface area contributed by atoms with Gasteiger partial charge in [-0.05, 0) is 31.4 Å². The maximum absolute atomic E-state index is 4.71. The SMILES string of the molecule is Cc1ccccc1N(C)c1nc(CNC2CC2)cs1. The standard InChI is InChI=1S/C15H19N3S/c1-11-5-3-4-6-14(11)18(2)15-17-13(10-19-15)9-16-12-7-8-12/h3-6,10,12,16H,7-9H2,1-2H3. The number of rotatable bonds is 5. The highest BCUT2D eigenvalue weighted by atomic mass is 32.1. The van der Waals surface area contributed by atoms with E-state index < -0.39 is 0 Å². The van der Waals surface area contributed by atoms with E-state index in [0.717, 1.165) is 23.4 Å². The summed E-state index contributed by atoms with van der Waals surface area (Å²) >= 11 is 1.71. The Morgan fingerprint density at radius 2 is 2.16 bits per heavy atom. The van der Waals surface area contributed by atoms with Crippen LogP contribution >= 0.6 is 11.3 Å². The van der Waals surface area contributed by atoms with Gasteiger partial charge in [-0.1, -0.05) is 18.2 Å². The Morgan fingerprint density at radius 1 is 1.37 bits per heavy atom. The molecule has 1 aliphatic rings. The molecule has 1 N–H and O–H groups in total. The average molecular weight is 273 g/mol. The van der Waals surface area contributed by atoms with Crippen molar-refractivity contribution >= 4 is 22.2 Å². The summed E-state index contributed by atoms with van der Waals surface area (Å²) in [6.45, 7) is 3.03. The van der Waals surface area contributed by atoms with E-state index in [1.165, 1.54) is 24.1 Å². The molecule has 3 rings (SSSR count). The van der Waals surface area contributed by atoms with Crippen molar-refractivity contribution in [2.75, 3.05) is 11.9 Å². The molecule has 0 atom stereocenters. The van der Waals surface area contributed by atoms with Crippen LogP contribution in [0.15, 0.2) is 29.6 Å². The second kappa shape index (κ2) is 5.31. The first-order valence-electron chi connectivity index (χ1n) is 6.71. The molecule has 2 aromatic rings. The van der Waals surface area contributed by atoms with Crippen molar-refractivity contribution in [3.8, 4) is 0 Å². The summed E-state index contributed by atoms with van der Waals surface area (Å²) in [4.78, 5) is 6.88. The van der Waals surface area contributed by atoms with Crippen molar-refractivity contribution in [3.05, 3.63) is 40.9 Å². The van der Waals surface area contributed by atoms with E-state index >= 15 is 0 Å². The minimum atomic E-state index is 0.735. The molecule has 100 valence electrons. The monoisotopic (exact) mass is 273 g/mol. The zero-order chi connectivity index (χ0) is 13.2. The van der Waals surface area contributed by atoms with Gasteiger partial charge in [0.25, 0.3) is 0 Å². The third-order valence-corrected chi connectivity index (χ3v) is 4.42. The normalized spacial score (nSPS) is 14.6. The quantitative estimate of drug-likeness (QED) is 0.904. The summed E-state index contributed by atoms with van der Waals surface area (Å²) in [5.74, 6) is 0. The molecule has 3 nitrogen and oxygen atoms in total. The van der Waals surface area contributed by atoms with Gasteiger partial charge in [0.1, 0.15) is 0 Å². The van der Waals surface area contributed by atoms with Crippen LogP contribution in [-0.2, 0) is 6.54 Å². The van der Waals surface area contributed by atoms with Crippen molar-refractivity contribution in [3.63, 3.8) is 0 Å². The average Bonchev–Trinajstić information content (AvgIpc) is 3.13. The van der Waals surface area contributed by atoms with E-state index in [2.05, 4.69) is 53.8 Å². The fourth-order valence-electron chi connectivity index (χ4n) is 2.11. The minimum absolute atomic E-state index is 0.735. The van der Waals surface area contributed by atoms with Crippen LogP contribution in [0.4, 0.5) is 10.8 Å². The Morgan fingerprint density at radius 3 is 2.89 bits per heavy atom. The number of anilines is 2. The van der Waals surface area contributed by atoms with Gasteiger partial charge < -0.3 is 10.2 Å². The number of nitrogens with one attached hydrogen (secondary N) is 1. The van der Waals surface area contributed by atoms with E-state index in [0.29, 0.717) is 0 Å². The number of hydrogen-bond donors (Lipinski definition) is 1. The molecule has 1 fully saturated rings. The third-order valence-electron chi connectivity index (χ3n) is 3.45. The molecule has 1 aromatic carbocycles. The lowest BCUT2D eigenvalue weighted by Gasteiger charge is -2.18. The predicted molar refractivity (Wildman–Crippen MR) is 81.2 cm³/mol. The van der Waals surface area contributed by atoms with Crippen LogP contribution in [0.2, 0.25) is 0 Å². The van der Waals surface area contributed by atoms with Gasteiger partial charge in [-0.3, -0.25) is 0 Å². The van der Waals surface area contributed by atoms with Crippen LogP contribution in [0, 0.1) is 6.92 Å². The largest absolute Gasteiger partial charge is 0.321 e. The van der Waals surface area contributed by atoms with Crippen molar-refractivity contribution in [2.45, 2.75) is 32.4 Å². The fraction of sp³-hybridized carbons (Fsp3) is 0.400. The molecule has 0 radical (unpaired) electrons. The summed E-state index contributed by atoms with van der Waals surface area (Å²) in [5.41, 5.74) is 3.64. The van der Waals surface area contributed by atoms with Crippen molar-refractivity contribution in [1.82, 2.24) is 10.3 Å². The summed E-state index contributed by atoms with van der Waals surface area (Å²) in [6.07, 6.45) is 2.64. The molecular formula is C15H19N3S. The van der Waals surface area contributed by atoms with E-state index in [9.17, 15) is 0 Å². The van der Waals surface area contributed by atoms with E-state index in [1.54, 1.807) is 11.3 Å². The Kier molecular flexibility index (Phi) is 3.53. The molecule has 0 unspecified atom stereocenters. The lowest BCUT2D eigenvalue weighted by atomic mass is 10.2. The predicted octanol–water partition coefficient (Wildman–Crippen LogP) is 3.47. The second-order valence-electron chi connectivity index (χ2n) is 5.12. The lowest BCUT2D eigenvalue weighted by Crippen LogP contribution is -2.16. The van der Waals surface area contributed by atoms with Gasteiger partial charge >= 0.3 is 0 Å². The molecule has 1 heterocycles. The Bertz CT molecular complexity index is 560. The first-order valence-corrected chi connectivity index (χ1v) is 7.59. The van der Waals surface area contributed by atoms with Gasteiger partial charge in [0.05, 0.1) is 5.69 Å². The first-order chi connectivity index (χ1) is 9.24. The maximum Gasteiger partial charge on any atom is 0.189 e. The van der Waals surface area contributed by atoms with E-state index in [1.807, 2.05) is 0 Å². The number of thiazole rings is 1. The van der Waals surface area contributed by atoms with Gasteiger partial charge in [0, 0.05) is 30.7 Å². The molecule has 1 aromatic heterocycles. The van der Waals surface area contributed by atoms with Crippen molar-refractivity contribution in [1.29, 1.82) is 0 Å². The first kappa shape index (κ1) is 12.6. The molecule has 1 saturated carbocycles. The van der Waals surface area contributed by atoms with Crippen LogP contribution in [0.1, 0.15) is 24.1 Å². The molecule has 19 heavy (non-hydrogen) atoms. The van der Waals surface area contributed by atoms with Gasteiger partial charge in [-0.2, -0.15) is 0 Å². The Labute approximate surface area is 118 Å². The highest BCUT2D eigenvalue weighted by Crippen LogP contribution is 2.29. The number of para-hydroxylation sites is 1. The zero-order valence-corrected chi connectivity index (χ0v) is 12.2. The smallest absolute Gasteiger partial charge is 0.189 e. The Balaban J connectivity index is 1.72. The van der Waals surface area contributed by atoms with E-state index in [4.69, 9.17) is 4.98 Å². The minimum Gasteiger partial charge on any atom is -0.321 e. The molecule has 0 spiro atoms. The summed E-state index contributed by atoms with van der Waals surface area (Å²) < 4.78 is 0. The molecule has 1 aliphatic carbocycles. The van der Waals surface area contributed by atoms with Crippen LogP contribution in [0.5, 0.6) is 0 Å². The number of aromatic nitrogens is 1. The number of aryl methyl sites for hydroxylation is 1. The van der Waals surface area contributed by atoms with E-state index in [-0.39, 0.29) is 0 Å². The van der Waals surface area contributed by atoms with Crippen LogP contribution in [0.3, 0.4) is 0 Å². The lowest BCUT2D eigenvalue weighted by molar-refractivity contribution is 0.677. The van der Waals surface area contributed by atoms with Crippen LogP contribution < -0.4 is 10.2 Å². The van der Waals surface area contributed by atoms with Crippen molar-refractivity contribution < 1.29 is 0 Å².